The summed E-state index contributed by atoms with van der Waals surface area (Å²) in [7, 11) is 0. The van der Waals surface area contributed by atoms with Gasteiger partial charge in [0.05, 0.1) is 0 Å². The molecule has 0 aromatic carbocycles. The Kier molecular flexibility index (Phi) is 2.90. The lowest BCUT2D eigenvalue weighted by molar-refractivity contribution is -0.116. The smallest absolute Gasteiger partial charge is 0.160 e. The fourth-order valence-corrected chi connectivity index (χ4v) is 5.72. The molecule has 1 spiro atoms. The molecule has 24 heavy (non-hydrogen) atoms. The summed E-state index contributed by atoms with van der Waals surface area (Å²) < 4.78 is 0. The van der Waals surface area contributed by atoms with E-state index >= 15 is 0 Å². The fourth-order valence-electron chi connectivity index (χ4n) is 5.72. The van der Waals surface area contributed by atoms with Gasteiger partial charge in [0.15, 0.2) is 5.78 Å². The molecule has 122 valence electrons. The molecular formula is C23H24O. The lowest BCUT2D eigenvalue weighted by atomic mass is 9.64. The van der Waals surface area contributed by atoms with Crippen LogP contribution in [0.15, 0.2) is 69.4 Å². The third-order valence-corrected chi connectivity index (χ3v) is 6.79. The summed E-state index contributed by atoms with van der Waals surface area (Å²) in [6, 6.07) is 0. The lowest BCUT2D eigenvalue weighted by Crippen LogP contribution is -2.30. The number of allylic oxidation sites excluding steroid dienone is 12. The summed E-state index contributed by atoms with van der Waals surface area (Å²) in [6.07, 6.45) is 17.7. The van der Waals surface area contributed by atoms with Crippen molar-refractivity contribution in [1.82, 2.24) is 0 Å². The second-order valence-corrected chi connectivity index (χ2v) is 8.18. The molecule has 0 amide bonds. The van der Waals surface area contributed by atoms with Crippen LogP contribution >= 0.6 is 0 Å². The largest absolute Gasteiger partial charge is 0.294 e. The Morgan fingerprint density at radius 2 is 1.88 bits per heavy atom. The SMILES string of the molecule is CC1=CC2=C(CC1)C1=CC=C(C)CC1C21CC(=O)C2=C1C=CCC2. The van der Waals surface area contributed by atoms with Gasteiger partial charge in [-0.05, 0) is 73.8 Å². The van der Waals surface area contributed by atoms with Crippen LogP contribution in [-0.4, -0.2) is 5.78 Å². The number of carbonyl (C=O) groups excluding carboxylic acids is 1. The normalized spacial score (nSPS) is 34.2. The molecule has 2 unspecified atom stereocenters. The number of hydrogen-bond donors (Lipinski definition) is 0. The molecule has 0 N–H and O–H groups in total. The summed E-state index contributed by atoms with van der Waals surface area (Å²) in [5.41, 5.74) is 9.91. The van der Waals surface area contributed by atoms with Crippen LogP contribution < -0.4 is 0 Å². The first kappa shape index (κ1) is 14.5. The number of fused-ring (bicyclic) bond motifs is 5. The standard InChI is InChI=1S/C23H24O/c1-14-7-9-16-17-10-8-15(2)12-21(17)23(20(16)11-14)13-22(24)18-5-3-4-6-19(18)23/h4,6-7,9,12,20H,3,5,8,10-11,13H2,1-2H3. The van der Waals surface area contributed by atoms with Crippen molar-refractivity contribution in [3.8, 4) is 0 Å². The minimum atomic E-state index is -0.0678. The number of Topliss-reactive ketones (excluding diaryl/α,β-unsaturated/α-hetero) is 1. The molecule has 5 aliphatic rings. The third-order valence-electron chi connectivity index (χ3n) is 6.79. The number of hydrogen-bond acceptors (Lipinski definition) is 1. The van der Waals surface area contributed by atoms with Gasteiger partial charge in [0.2, 0.25) is 0 Å². The number of rotatable bonds is 0. The number of ketones is 1. The molecule has 0 aliphatic heterocycles. The Hall–Kier alpha value is -1.89. The third kappa shape index (κ3) is 1.68. The highest BCUT2D eigenvalue weighted by Crippen LogP contribution is 2.65. The molecule has 5 aliphatic carbocycles. The zero-order chi connectivity index (χ0) is 16.5. The van der Waals surface area contributed by atoms with Crippen molar-refractivity contribution in [2.75, 3.05) is 0 Å². The van der Waals surface area contributed by atoms with Crippen molar-refractivity contribution in [3.63, 3.8) is 0 Å². The van der Waals surface area contributed by atoms with Gasteiger partial charge in [-0.3, -0.25) is 4.79 Å². The van der Waals surface area contributed by atoms with Crippen molar-refractivity contribution >= 4 is 5.78 Å². The van der Waals surface area contributed by atoms with Gasteiger partial charge >= 0.3 is 0 Å². The van der Waals surface area contributed by atoms with Crippen LogP contribution in [-0.2, 0) is 4.79 Å². The van der Waals surface area contributed by atoms with Crippen LogP contribution in [0.4, 0.5) is 0 Å². The van der Waals surface area contributed by atoms with Crippen molar-refractivity contribution in [2.24, 2.45) is 11.3 Å². The first-order valence-electron chi connectivity index (χ1n) is 9.33. The summed E-state index contributed by atoms with van der Waals surface area (Å²) >= 11 is 0. The highest BCUT2D eigenvalue weighted by Gasteiger charge is 2.57. The second kappa shape index (κ2) is 4.81. The van der Waals surface area contributed by atoms with E-state index in [1.54, 1.807) is 5.57 Å². The van der Waals surface area contributed by atoms with Gasteiger partial charge in [0.1, 0.15) is 0 Å². The van der Waals surface area contributed by atoms with Crippen LogP contribution in [0.3, 0.4) is 0 Å². The Morgan fingerprint density at radius 3 is 2.75 bits per heavy atom. The number of carbonyl (C=O) groups is 1. The van der Waals surface area contributed by atoms with Crippen molar-refractivity contribution < 1.29 is 4.79 Å². The van der Waals surface area contributed by atoms with Gasteiger partial charge < -0.3 is 0 Å². The highest BCUT2D eigenvalue weighted by molar-refractivity contribution is 6.02. The zero-order valence-corrected chi connectivity index (χ0v) is 14.6. The van der Waals surface area contributed by atoms with E-state index in [2.05, 4.69) is 44.2 Å². The van der Waals surface area contributed by atoms with Crippen molar-refractivity contribution in [2.45, 2.75) is 52.4 Å². The average molecular weight is 316 g/mol. The van der Waals surface area contributed by atoms with Crippen LogP contribution in [0.25, 0.3) is 0 Å². The summed E-state index contributed by atoms with van der Waals surface area (Å²) in [4.78, 5) is 12.9. The van der Waals surface area contributed by atoms with E-state index in [1.165, 1.54) is 27.9 Å². The van der Waals surface area contributed by atoms with Crippen molar-refractivity contribution in [1.29, 1.82) is 0 Å². The predicted molar refractivity (Wildman–Crippen MR) is 97.4 cm³/mol. The Morgan fingerprint density at radius 1 is 1.00 bits per heavy atom. The minimum Gasteiger partial charge on any atom is -0.294 e. The summed E-state index contributed by atoms with van der Waals surface area (Å²) in [5.74, 6) is 0.875. The van der Waals surface area contributed by atoms with Crippen LogP contribution in [0.5, 0.6) is 0 Å². The van der Waals surface area contributed by atoms with Gasteiger partial charge in [0, 0.05) is 17.8 Å². The molecule has 1 nitrogen and oxygen atoms in total. The Bertz CT molecular complexity index is 852. The second-order valence-electron chi connectivity index (χ2n) is 8.18. The highest BCUT2D eigenvalue weighted by atomic mass is 16.1. The molecule has 1 heteroatoms. The quantitative estimate of drug-likeness (QED) is 0.574. The Labute approximate surface area is 144 Å². The van der Waals surface area contributed by atoms with Crippen LogP contribution in [0, 0.1) is 11.3 Å². The molecule has 5 rings (SSSR count). The van der Waals surface area contributed by atoms with E-state index in [9.17, 15) is 4.79 Å². The topological polar surface area (TPSA) is 17.1 Å². The molecule has 2 atom stereocenters. The van der Waals surface area contributed by atoms with Gasteiger partial charge in [-0.2, -0.15) is 0 Å². The molecule has 0 saturated heterocycles. The lowest BCUT2D eigenvalue weighted by Gasteiger charge is -2.38. The van der Waals surface area contributed by atoms with Crippen LogP contribution in [0.2, 0.25) is 0 Å². The summed E-state index contributed by atoms with van der Waals surface area (Å²) in [5, 5.41) is 0. The van der Waals surface area contributed by atoms with Gasteiger partial charge in [-0.15, -0.1) is 0 Å². The molecule has 0 bridgehead atoms. The van der Waals surface area contributed by atoms with Crippen molar-refractivity contribution in [3.05, 3.63) is 69.4 Å². The fraction of sp³-hybridized carbons (Fsp3) is 0.435. The summed E-state index contributed by atoms with van der Waals surface area (Å²) in [6.45, 7) is 4.49. The molecule has 0 aromatic rings. The molecule has 0 aromatic heterocycles. The molecule has 0 radical (unpaired) electrons. The molecule has 0 saturated carbocycles. The van der Waals surface area contributed by atoms with Crippen LogP contribution in [0.1, 0.15) is 52.4 Å². The minimum absolute atomic E-state index is 0.0678. The van der Waals surface area contributed by atoms with E-state index in [0.717, 1.165) is 37.7 Å². The Balaban J connectivity index is 1.79. The maximum Gasteiger partial charge on any atom is 0.160 e. The monoisotopic (exact) mass is 316 g/mol. The maximum absolute atomic E-state index is 12.9. The van der Waals surface area contributed by atoms with Gasteiger partial charge in [-0.25, -0.2) is 0 Å². The van der Waals surface area contributed by atoms with E-state index < -0.39 is 0 Å². The maximum atomic E-state index is 12.9. The molecule has 0 heterocycles. The van der Waals surface area contributed by atoms with E-state index in [1.807, 2.05) is 0 Å². The van der Waals surface area contributed by atoms with Gasteiger partial charge in [0.25, 0.3) is 0 Å². The average Bonchev–Trinajstić information content (AvgIpc) is 3.02. The van der Waals surface area contributed by atoms with E-state index in [4.69, 9.17) is 0 Å². The predicted octanol–water partition coefficient (Wildman–Crippen LogP) is 5.54. The zero-order valence-electron chi connectivity index (χ0n) is 14.6. The van der Waals surface area contributed by atoms with Gasteiger partial charge in [-0.1, -0.05) is 41.5 Å². The first-order chi connectivity index (χ1) is 11.6. The first-order valence-corrected chi connectivity index (χ1v) is 9.33. The van der Waals surface area contributed by atoms with E-state index in [-0.39, 0.29) is 5.41 Å². The molecular weight excluding hydrogens is 292 g/mol. The molecule has 0 fully saturated rings. The van der Waals surface area contributed by atoms with E-state index in [0.29, 0.717) is 18.1 Å².